The van der Waals surface area contributed by atoms with E-state index in [1.807, 2.05) is 49.4 Å². The van der Waals surface area contributed by atoms with Crippen LogP contribution in [0.3, 0.4) is 0 Å². The van der Waals surface area contributed by atoms with Gasteiger partial charge in [-0.05, 0) is 61.0 Å². The molecule has 0 saturated heterocycles. The van der Waals surface area contributed by atoms with Crippen molar-refractivity contribution < 1.29 is 9.59 Å². The zero-order valence-corrected chi connectivity index (χ0v) is 16.0. The van der Waals surface area contributed by atoms with E-state index in [-0.39, 0.29) is 18.0 Å². The molecule has 0 saturated carbocycles. The van der Waals surface area contributed by atoms with E-state index in [4.69, 9.17) is 11.6 Å². The van der Waals surface area contributed by atoms with Crippen molar-refractivity contribution in [1.29, 1.82) is 0 Å². The lowest BCUT2D eigenvalue weighted by Gasteiger charge is -2.15. The van der Waals surface area contributed by atoms with Gasteiger partial charge in [-0.25, -0.2) is 4.79 Å². The molecule has 142 valence electrons. The van der Waals surface area contributed by atoms with Crippen molar-refractivity contribution in [3.8, 4) is 0 Å². The molecule has 3 aromatic rings. The first-order valence-electron chi connectivity index (χ1n) is 8.81. The van der Waals surface area contributed by atoms with Gasteiger partial charge in [0, 0.05) is 22.0 Å². The van der Waals surface area contributed by atoms with Gasteiger partial charge < -0.3 is 16.0 Å². The molecule has 0 bridgehead atoms. The summed E-state index contributed by atoms with van der Waals surface area (Å²) in [4.78, 5) is 24.4. The van der Waals surface area contributed by atoms with Gasteiger partial charge in [0.15, 0.2) is 0 Å². The van der Waals surface area contributed by atoms with E-state index in [0.29, 0.717) is 16.3 Å². The predicted molar refractivity (Wildman–Crippen MR) is 113 cm³/mol. The van der Waals surface area contributed by atoms with E-state index >= 15 is 0 Å². The molecule has 3 N–H and O–H groups in total. The van der Waals surface area contributed by atoms with Gasteiger partial charge in [0.05, 0.1) is 6.04 Å². The Balaban J connectivity index is 1.55. The van der Waals surface area contributed by atoms with Gasteiger partial charge in [-0.15, -0.1) is 0 Å². The number of urea groups is 1. The summed E-state index contributed by atoms with van der Waals surface area (Å²) in [5.41, 5.74) is 2.78. The third kappa shape index (κ3) is 5.34. The lowest BCUT2D eigenvalue weighted by atomic mass is 10.1. The van der Waals surface area contributed by atoms with Crippen LogP contribution in [0.15, 0.2) is 78.9 Å². The molecule has 1 unspecified atom stereocenters. The standard InChI is InChI=1S/C22H20ClN3O2/c1-15(16-7-11-18(23)12-8-16)24-22(28)26-20-13-9-17(10-14-20)21(27)25-19-5-3-2-4-6-19/h2-15H,1H3,(H,25,27)(H2,24,26,28). The van der Waals surface area contributed by atoms with Gasteiger partial charge in [-0.3, -0.25) is 4.79 Å². The molecule has 0 heterocycles. The van der Waals surface area contributed by atoms with Gasteiger partial charge in [-0.1, -0.05) is 41.9 Å². The number of anilines is 2. The number of rotatable bonds is 5. The molecule has 0 aliphatic heterocycles. The lowest BCUT2D eigenvalue weighted by Crippen LogP contribution is -2.31. The maximum Gasteiger partial charge on any atom is 0.319 e. The normalized spacial score (nSPS) is 11.4. The highest BCUT2D eigenvalue weighted by Gasteiger charge is 2.10. The van der Waals surface area contributed by atoms with Crippen LogP contribution >= 0.6 is 11.6 Å². The third-order valence-corrected chi connectivity index (χ3v) is 4.41. The van der Waals surface area contributed by atoms with Crippen molar-refractivity contribution in [2.24, 2.45) is 0 Å². The van der Waals surface area contributed by atoms with Crippen molar-refractivity contribution in [1.82, 2.24) is 5.32 Å². The van der Waals surface area contributed by atoms with Crippen LogP contribution in [0.2, 0.25) is 5.02 Å². The highest BCUT2D eigenvalue weighted by Crippen LogP contribution is 2.17. The number of halogens is 1. The van der Waals surface area contributed by atoms with E-state index in [1.165, 1.54) is 0 Å². The number of benzene rings is 3. The summed E-state index contributed by atoms with van der Waals surface area (Å²) < 4.78 is 0. The Hall–Kier alpha value is -3.31. The van der Waals surface area contributed by atoms with Gasteiger partial charge in [0.25, 0.3) is 5.91 Å². The molecule has 0 spiro atoms. The van der Waals surface area contributed by atoms with Crippen LogP contribution in [0.5, 0.6) is 0 Å². The zero-order valence-electron chi connectivity index (χ0n) is 15.3. The highest BCUT2D eigenvalue weighted by molar-refractivity contribution is 6.30. The SMILES string of the molecule is CC(NC(=O)Nc1ccc(C(=O)Nc2ccccc2)cc1)c1ccc(Cl)cc1. The maximum atomic E-state index is 12.3. The van der Waals surface area contributed by atoms with Gasteiger partial charge in [0.1, 0.15) is 0 Å². The minimum atomic E-state index is -0.330. The number of carbonyl (C=O) groups is 2. The van der Waals surface area contributed by atoms with Crippen LogP contribution < -0.4 is 16.0 Å². The number of carbonyl (C=O) groups excluding carboxylic acids is 2. The van der Waals surface area contributed by atoms with Crippen LogP contribution in [0.25, 0.3) is 0 Å². The van der Waals surface area contributed by atoms with Crippen molar-refractivity contribution in [2.75, 3.05) is 10.6 Å². The Kier molecular flexibility index (Phi) is 6.29. The van der Waals surface area contributed by atoms with Crippen molar-refractivity contribution >= 4 is 34.9 Å². The first kappa shape index (κ1) is 19.5. The molecule has 0 aliphatic rings. The maximum absolute atomic E-state index is 12.3. The monoisotopic (exact) mass is 393 g/mol. The highest BCUT2D eigenvalue weighted by atomic mass is 35.5. The smallest absolute Gasteiger partial charge is 0.319 e. The molecule has 3 aromatic carbocycles. The summed E-state index contributed by atoms with van der Waals surface area (Å²) in [7, 11) is 0. The van der Waals surface area contributed by atoms with Gasteiger partial charge >= 0.3 is 6.03 Å². The number of nitrogens with one attached hydrogen (secondary N) is 3. The molecule has 28 heavy (non-hydrogen) atoms. The Morgan fingerprint density at radius 2 is 1.39 bits per heavy atom. The fraction of sp³-hybridized carbons (Fsp3) is 0.0909. The van der Waals surface area contributed by atoms with Crippen LogP contribution in [0.4, 0.5) is 16.2 Å². The first-order chi connectivity index (χ1) is 13.5. The van der Waals surface area contributed by atoms with Crippen LogP contribution in [0, 0.1) is 0 Å². The van der Waals surface area contributed by atoms with E-state index < -0.39 is 0 Å². The van der Waals surface area contributed by atoms with Gasteiger partial charge in [-0.2, -0.15) is 0 Å². The molecular formula is C22H20ClN3O2. The first-order valence-corrected chi connectivity index (χ1v) is 9.18. The molecule has 3 amide bonds. The molecule has 3 rings (SSSR count). The molecule has 1 atom stereocenters. The summed E-state index contributed by atoms with van der Waals surface area (Å²) in [5, 5.41) is 9.09. The van der Waals surface area contributed by atoms with Crippen molar-refractivity contribution in [3.63, 3.8) is 0 Å². The average molecular weight is 394 g/mol. The lowest BCUT2D eigenvalue weighted by molar-refractivity contribution is 0.102. The quantitative estimate of drug-likeness (QED) is 0.537. The minimum Gasteiger partial charge on any atom is -0.331 e. The molecule has 6 heteroatoms. The molecule has 5 nitrogen and oxygen atoms in total. The van der Waals surface area contributed by atoms with Crippen LogP contribution in [0.1, 0.15) is 28.9 Å². The van der Waals surface area contributed by atoms with Gasteiger partial charge in [0.2, 0.25) is 0 Å². The second-order valence-electron chi connectivity index (χ2n) is 6.27. The molecule has 0 radical (unpaired) electrons. The summed E-state index contributed by atoms with van der Waals surface area (Å²) in [6.45, 7) is 1.89. The fourth-order valence-corrected chi connectivity index (χ4v) is 2.75. The van der Waals surface area contributed by atoms with Crippen LogP contribution in [-0.4, -0.2) is 11.9 Å². The molecule has 0 aliphatic carbocycles. The Labute approximate surface area is 168 Å². The van der Waals surface area contributed by atoms with E-state index in [2.05, 4.69) is 16.0 Å². The Morgan fingerprint density at radius 3 is 2.04 bits per heavy atom. The minimum absolute atomic E-state index is 0.173. The topological polar surface area (TPSA) is 70.2 Å². The molecule has 0 fully saturated rings. The van der Waals surface area contributed by atoms with E-state index in [9.17, 15) is 9.59 Å². The number of hydrogen-bond acceptors (Lipinski definition) is 2. The van der Waals surface area contributed by atoms with E-state index in [0.717, 1.165) is 11.3 Å². The zero-order chi connectivity index (χ0) is 19.9. The summed E-state index contributed by atoms with van der Waals surface area (Å²) in [6.07, 6.45) is 0. The summed E-state index contributed by atoms with van der Waals surface area (Å²) in [5.74, 6) is -0.210. The van der Waals surface area contributed by atoms with Crippen molar-refractivity contribution in [3.05, 3.63) is 95.0 Å². The largest absolute Gasteiger partial charge is 0.331 e. The third-order valence-electron chi connectivity index (χ3n) is 4.15. The Morgan fingerprint density at radius 1 is 0.786 bits per heavy atom. The van der Waals surface area contributed by atoms with Crippen molar-refractivity contribution in [2.45, 2.75) is 13.0 Å². The average Bonchev–Trinajstić information content (AvgIpc) is 2.69. The molecule has 0 aromatic heterocycles. The number of hydrogen-bond donors (Lipinski definition) is 3. The second kappa shape index (κ2) is 9.06. The number of para-hydroxylation sites is 1. The Bertz CT molecular complexity index is 942. The summed E-state index contributed by atoms with van der Waals surface area (Å²) in [6, 6.07) is 22.7. The summed E-state index contributed by atoms with van der Waals surface area (Å²) >= 11 is 5.88. The van der Waals surface area contributed by atoms with Crippen LogP contribution in [-0.2, 0) is 0 Å². The molecular weight excluding hydrogens is 374 g/mol. The fourth-order valence-electron chi connectivity index (χ4n) is 2.63. The van der Waals surface area contributed by atoms with E-state index in [1.54, 1.807) is 36.4 Å². The number of amides is 3. The predicted octanol–water partition coefficient (Wildman–Crippen LogP) is 5.48. The second-order valence-corrected chi connectivity index (χ2v) is 6.71.